The highest BCUT2D eigenvalue weighted by atomic mass is 32.2. The average Bonchev–Trinajstić information content (AvgIpc) is 2.18. The van der Waals surface area contributed by atoms with Crippen LogP contribution in [0.25, 0.3) is 0 Å². The predicted octanol–water partition coefficient (Wildman–Crippen LogP) is -0.638. The summed E-state index contributed by atoms with van der Waals surface area (Å²) in [6, 6.07) is 0. The Morgan fingerprint density at radius 1 is 1.44 bits per heavy atom. The Hall–Kier alpha value is -0.820. The second-order valence-corrected chi connectivity index (χ2v) is 5.70. The summed E-state index contributed by atoms with van der Waals surface area (Å²) in [5.74, 6) is 0.445. The van der Waals surface area contributed by atoms with Crippen molar-refractivity contribution in [2.45, 2.75) is 13.3 Å². The first-order chi connectivity index (χ1) is 7.45. The molecule has 0 rings (SSSR count). The minimum atomic E-state index is -2.93. The maximum atomic E-state index is 10.8. The number of sulfone groups is 1. The number of hydrogen-bond donors (Lipinski definition) is 2. The van der Waals surface area contributed by atoms with Crippen LogP contribution < -0.4 is 11.1 Å². The van der Waals surface area contributed by atoms with E-state index in [0.29, 0.717) is 25.7 Å². The van der Waals surface area contributed by atoms with E-state index in [4.69, 9.17) is 10.5 Å². The lowest BCUT2D eigenvalue weighted by Gasteiger charge is -2.06. The van der Waals surface area contributed by atoms with Crippen LogP contribution in [-0.4, -0.2) is 52.7 Å². The van der Waals surface area contributed by atoms with Crippen molar-refractivity contribution in [3.8, 4) is 0 Å². The summed E-state index contributed by atoms with van der Waals surface area (Å²) >= 11 is 0. The van der Waals surface area contributed by atoms with Crippen LogP contribution in [0.1, 0.15) is 13.3 Å². The van der Waals surface area contributed by atoms with Gasteiger partial charge in [-0.25, -0.2) is 8.42 Å². The molecular formula is C9H21N3O3S. The number of nitrogens with one attached hydrogen (secondary N) is 1. The SMILES string of the molecule is CCCN=C(N)NCCOCCS(C)(=O)=O. The minimum absolute atomic E-state index is 0.0480. The van der Waals surface area contributed by atoms with E-state index in [-0.39, 0.29) is 12.4 Å². The number of nitrogens with two attached hydrogens (primary N) is 1. The molecule has 0 saturated carbocycles. The van der Waals surface area contributed by atoms with Crippen molar-refractivity contribution in [1.29, 1.82) is 0 Å². The fraction of sp³-hybridized carbons (Fsp3) is 0.889. The molecule has 0 spiro atoms. The van der Waals surface area contributed by atoms with E-state index in [1.54, 1.807) is 0 Å². The van der Waals surface area contributed by atoms with Crippen LogP contribution in [0.2, 0.25) is 0 Å². The summed E-state index contributed by atoms with van der Waals surface area (Å²) in [5.41, 5.74) is 5.53. The molecule has 0 atom stereocenters. The highest BCUT2D eigenvalue weighted by Crippen LogP contribution is 1.83. The Bertz CT molecular complexity index is 301. The Morgan fingerprint density at radius 3 is 2.69 bits per heavy atom. The Balaban J connectivity index is 3.40. The van der Waals surface area contributed by atoms with Gasteiger partial charge in [-0.2, -0.15) is 0 Å². The van der Waals surface area contributed by atoms with Crippen molar-refractivity contribution in [2.24, 2.45) is 10.7 Å². The molecule has 0 fully saturated rings. The molecule has 0 radical (unpaired) electrons. The molecule has 16 heavy (non-hydrogen) atoms. The van der Waals surface area contributed by atoms with Crippen molar-refractivity contribution in [1.82, 2.24) is 5.32 Å². The molecule has 3 N–H and O–H groups in total. The zero-order valence-electron chi connectivity index (χ0n) is 9.90. The maximum absolute atomic E-state index is 10.8. The summed E-state index contributed by atoms with van der Waals surface area (Å²) in [6.45, 7) is 3.88. The largest absolute Gasteiger partial charge is 0.379 e. The highest BCUT2D eigenvalue weighted by molar-refractivity contribution is 7.90. The van der Waals surface area contributed by atoms with Gasteiger partial charge in [-0.15, -0.1) is 0 Å². The van der Waals surface area contributed by atoms with Gasteiger partial charge in [0.15, 0.2) is 5.96 Å². The van der Waals surface area contributed by atoms with Gasteiger partial charge in [-0.1, -0.05) is 6.92 Å². The summed E-state index contributed by atoms with van der Waals surface area (Å²) in [4.78, 5) is 4.03. The van der Waals surface area contributed by atoms with Crippen molar-refractivity contribution < 1.29 is 13.2 Å². The summed E-state index contributed by atoms with van der Waals surface area (Å²) in [6.07, 6.45) is 2.14. The van der Waals surface area contributed by atoms with Crippen molar-refractivity contribution >= 4 is 15.8 Å². The Labute approximate surface area is 97.2 Å². The van der Waals surface area contributed by atoms with Gasteiger partial charge in [0.25, 0.3) is 0 Å². The molecule has 7 heteroatoms. The topological polar surface area (TPSA) is 93.8 Å². The van der Waals surface area contributed by atoms with E-state index in [0.717, 1.165) is 6.42 Å². The lowest BCUT2D eigenvalue weighted by molar-refractivity contribution is 0.154. The fourth-order valence-corrected chi connectivity index (χ4v) is 1.27. The monoisotopic (exact) mass is 251 g/mol. The van der Waals surface area contributed by atoms with Gasteiger partial charge in [-0.05, 0) is 6.42 Å². The Morgan fingerprint density at radius 2 is 2.12 bits per heavy atom. The second-order valence-electron chi connectivity index (χ2n) is 3.44. The molecule has 0 aromatic rings. The van der Waals surface area contributed by atoms with Crippen LogP contribution in [0.15, 0.2) is 4.99 Å². The molecule has 0 heterocycles. The number of aliphatic imine (C=N–C) groups is 1. The average molecular weight is 251 g/mol. The summed E-state index contributed by atoms with van der Waals surface area (Å²) in [5, 5.41) is 2.87. The molecule has 0 aromatic heterocycles. The van der Waals surface area contributed by atoms with E-state index in [1.807, 2.05) is 6.92 Å². The van der Waals surface area contributed by atoms with Gasteiger partial charge < -0.3 is 15.8 Å². The van der Waals surface area contributed by atoms with Gasteiger partial charge in [-0.3, -0.25) is 4.99 Å². The maximum Gasteiger partial charge on any atom is 0.188 e. The van der Waals surface area contributed by atoms with Gasteiger partial charge in [0.05, 0.1) is 19.0 Å². The van der Waals surface area contributed by atoms with E-state index >= 15 is 0 Å². The molecule has 0 saturated heterocycles. The van der Waals surface area contributed by atoms with Gasteiger partial charge >= 0.3 is 0 Å². The van der Waals surface area contributed by atoms with Gasteiger partial charge in [0, 0.05) is 19.3 Å². The normalized spacial score (nSPS) is 12.8. The molecular weight excluding hydrogens is 230 g/mol. The quantitative estimate of drug-likeness (QED) is 0.340. The molecule has 0 bridgehead atoms. The predicted molar refractivity (Wildman–Crippen MR) is 65.3 cm³/mol. The first-order valence-electron chi connectivity index (χ1n) is 5.25. The lowest BCUT2D eigenvalue weighted by atomic mass is 10.5. The van der Waals surface area contributed by atoms with Crippen LogP contribution in [0.4, 0.5) is 0 Å². The molecule has 6 nitrogen and oxygen atoms in total. The first-order valence-corrected chi connectivity index (χ1v) is 7.31. The van der Waals surface area contributed by atoms with Gasteiger partial charge in [0.1, 0.15) is 9.84 Å². The van der Waals surface area contributed by atoms with Crippen LogP contribution in [-0.2, 0) is 14.6 Å². The Kier molecular flexibility index (Phi) is 7.92. The molecule has 0 amide bonds. The third kappa shape index (κ3) is 11.3. The van der Waals surface area contributed by atoms with Crippen molar-refractivity contribution in [3.63, 3.8) is 0 Å². The molecule has 0 aliphatic heterocycles. The van der Waals surface area contributed by atoms with Crippen molar-refractivity contribution in [3.05, 3.63) is 0 Å². The van der Waals surface area contributed by atoms with E-state index in [9.17, 15) is 8.42 Å². The van der Waals surface area contributed by atoms with E-state index < -0.39 is 9.84 Å². The highest BCUT2D eigenvalue weighted by Gasteiger charge is 2.00. The third-order valence-corrected chi connectivity index (χ3v) is 2.56. The molecule has 96 valence electrons. The number of ether oxygens (including phenoxy) is 1. The van der Waals surface area contributed by atoms with Crippen LogP contribution in [0.5, 0.6) is 0 Å². The number of guanidine groups is 1. The third-order valence-electron chi connectivity index (χ3n) is 1.66. The zero-order chi connectivity index (χ0) is 12.4. The van der Waals surface area contributed by atoms with Crippen molar-refractivity contribution in [2.75, 3.05) is 38.3 Å². The van der Waals surface area contributed by atoms with E-state index in [1.165, 1.54) is 6.26 Å². The standard InChI is InChI=1S/C9H21N3O3S/c1-3-4-11-9(10)12-5-6-15-7-8-16(2,13)14/h3-8H2,1-2H3,(H3,10,11,12). The first kappa shape index (κ1) is 15.2. The second kappa shape index (κ2) is 8.35. The van der Waals surface area contributed by atoms with Gasteiger partial charge in [0.2, 0.25) is 0 Å². The van der Waals surface area contributed by atoms with Crippen LogP contribution in [0.3, 0.4) is 0 Å². The number of hydrogen-bond acceptors (Lipinski definition) is 4. The zero-order valence-corrected chi connectivity index (χ0v) is 10.7. The lowest BCUT2D eigenvalue weighted by Crippen LogP contribution is -2.34. The fourth-order valence-electron chi connectivity index (χ4n) is 0.852. The minimum Gasteiger partial charge on any atom is -0.379 e. The summed E-state index contributed by atoms with van der Waals surface area (Å²) in [7, 11) is -2.93. The number of rotatable bonds is 8. The number of nitrogens with zero attached hydrogens (tertiary/aromatic N) is 1. The molecule has 0 unspecified atom stereocenters. The van der Waals surface area contributed by atoms with E-state index in [2.05, 4.69) is 10.3 Å². The summed E-state index contributed by atoms with van der Waals surface area (Å²) < 4.78 is 26.6. The molecule has 0 aliphatic rings. The molecule has 0 aliphatic carbocycles. The molecule has 0 aromatic carbocycles. The smallest absolute Gasteiger partial charge is 0.188 e. The van der Waals surface area contributed by atoms with Crippen LogP contribution >= 0.6 is 0 Å². The van der Waals surface area contributed by atoms with Crippen LogP contribution in [0, 0.1) is 0 Å².